The monoisotopic (exact) mass is 283 g/mol. The summed E-state index contributed by atoms with van der Waals surface area (Å²) < 4.78 is 2.01. The van der Waals surface area contributed by atoms with E-state index in [0.717, 1.165) is 18.4 Å². The molecule has 4 nitrogen and oxygen atoms in total. The number of imidazole rings is 1. The Morgan fingerprint density at radius 3 is 2.71 bits per heavy atom. The van der Waals surface area contributed by atoms with Gasteiger partial charge >= 0.3 is 0 Å². The highest BCUT2D eigenvalue weighted by atomic mass is 16.1. The highest BCUT2D eigenvalue weighted by molar-refractivity contribution is 5.79. The van der Waals surface area contributed by atoms with Crippen molar-refractivity contribution in [3.63, 3.8) is 0 Å². The predicted molar refractivity (Wildman–Crippen MR) is 81.5 cm³/mol. The summed E-state index contributed by atoms with van der Waals surface area (Å²) in [5.74, 6) is 0.389. The molecule has 110 valence electrons. The summed E-state index contributed by atoms with van der Waals surface area (Å²) in [7, 11) is 0. The number of benzene rings is 1. The van der Waals surface area contributed by atoms with Crippen LogP contribution in [0.3, 0.4) is 0 Å². The zero-order chi connectivity index (χ0) is 14.5. The van der Waals surface area contributed by atoms with Crippen LogP contribution in [0.15, 0.2) is 49.1 Å². The molecular formula is C17H21N3O. The fraction of sp³-hybridized carbons (Fsp3) is 0.412. The van der Waals surface area contributed by atoms with Crippen LogP contribution in [0.1, 0.15) is 37.3 Å². The van der Waals surface area contributed by atoms with Crippen molar-refractivity contribution in [2.24, 2.45) is 5.92 Å². The topological polar surface area (TPSA) is 46.9 Å². The summed E-state index contributed by atoms with van der Waals surface area (Å²) in [5, 5.41) is 3.23. The average Bonchev–Trinajstić information content (AvgIpc) is 3.21. The van der Waals surface area contributed by atoms with Crippen LogP contribution in [-0.4, -0.2) is 15.5 Å². The van der Waals surface area contributed by atoms with E-state index in [2.05, 4.69) is 22.4 Å². The molecule has 0 radical (unpaired) electrons. The zero-order valence-corrected chi connectivity index (χ0v) is 12.1. The van der Waals surface area contributed by atoms with Crippen molar-refractivity contribution in [1.82, 2.24) is 14.9 Å². The van der Waals surface area contributed by atoms with Crippen molar-refractivity contribution >= 4 is 5.91 Å². The fourth-order valence-corrected chi connectivity index (χ4v) is 3.00. The van der Waals surface area contributed by atoms with Gasteiger partial charge in [-0.15, -0.1) is 0 Å². The molecule has 1 aliphatic carbocycles. The van der Waals surface area contributed by atoms with Gasteiger partial charge in [-0.25, -0.2) is 4.98 Å². The number of hydrogen-bond donors (Lipinski definition) is 1. The standard InChI is InChI=1S/C17H21N3O/c21-17(15-8-4-5-9-15)19-16(12-20-11-10-18-13-20)14-6-2-1-3-7-14/h1-3,6-7,10-11,13,15-16H,4-5,8-9,12H2,(H,19,21). The Morgan fingerprint density at radius 1 is 1.29 bits per heavy atom. The third-order valence-corrected chi connectivity index (χ3v) is 4.20. The molecule has 1 N–H and O–H groups in total. The van der Waals surface area contributed by atoms with Crippen LogP contribution >= 0.6 is 0 Å². The van der Waals surface area contributed by atoms with Crippen molar-refractivity contribution in [2.45, 2.75) is 38.3 Å². The van der Waals surface area contributed by atoms with Gasteiger partial charge in [0.05, 0.1) is 12.4 Å². The van der Waals surface area contributed by atoms with Crippen LogP contribution < -0.4 is 5.32 Å². The van der Waals surface area contributed by atoms with E-state index in [9.17, 15) is 4.79 Å². The number of hydrogen-bond acceptors (Lipinski definition) is 2. The molecule has 1 heterocycles. The van der Waals surface area contributed by atoms with Gasteiger partial charge in [-0.1, -0.05) is 43.2 Å². The largest absolute Gasteiger partial charge is 0.347 e. The van der Waals surface area contributed by atoms with E-state index >= 15 is 0 Å². The second kappa shape index (κ2) is 6.57. The Labute approximate surface area is 125 Å². The lowest BCUT2D eigenvalue weighted by atomic mass is 10.0. The molecule has 1 aromatic heterocycles. The number of carbonyl (C=O) groups is 1. The third-order valence-electron chi connectivity index (χ3n) is 4.20. The number of nitrogens with zero attached hydrogens (tertiary/aromatic N) is 2. The molecule has 21 heavy (non-hydrogen) atoms. The maximum absolute atomic E-state index is 12.4. The van der Waals surface area contributed by atoms with Crippen molar-refractivity contribution in [3.8, 4) is 0 Å². The summed E-state index contributed by atoms with van der Waals surface area (Å²) >= 11 is 0. The number of amides is 1. The summed E-state index contributed by atoms with van der Waals surface area (Å²) in [6, 6.07) is 10.1. The highest BCUT2D eigenvalue weighted by Crippen LogP contribution is 2.26. The van der Waals surface area contributed by atoms with Crippen LogP contribution in [-0.2, 0) is 11.3 Å². The summed E-state index contributed by atoms with van der Waals surface area (Å²) in [6.45, 7) is 0.711. The van der Waals surface area contributed by atoms with Crippen LogP contribution in [0.2, 0.25) is 0 Å². The molecule has 1 aromatic carbocycles. The minimum absolute atomic E-state index is 0.00602. The summed E-state index contributed by atoms with van der Waals surface area (Å²) in [4.78, 5) is 16.5. The van der Waals surface area contributed by atoms with E-state index in [1.54, 1.807) is 12.5 Å². The van der Waals surface area contributed by atoms with E-state index in [1.165, 1.54) is 12.8 Å². The highest BCUT2D eigenvalue weighted by Gasteiger charge is 2.25. The normalized spacial score (nSPS) is 16.8. The summed E-state index contributed by atoms with van der Waals surface area (Å²) in [6.07, 6.45) is 9.89. The van der Waals surface area contributed by atoms with Crippen LogP contribution in [0, 0.1) is 5.92 Å². The van der Waals surface area contributed by atoms with Gasteiger partial charge in [-0.05, 0) is 18.4 Å². The van der Waals surface area contributed by atoms with Crippen LogP contribution in [0.4, 0.5) is 0 Å². The van der Waals surface area contributed by atoms with E-state index in [-0.39, 0.29) is 17.9 Å². The molecule has 4 heteroatoms. The lowest BCUT2D eigenvalue weighted by molar-refractivity contribution is -0.125. The molecule has 1 amide bonds. The number of rotatable bonds is 5. The second-order valence-corrected chi connectivity index (χ2v) is 5.71. The maximum Gasteiger partial charge on any atom is 0.223 e. The van der Waals surface area contributed by atoms with Gasteiger partial charge in [0, 0.05) is 24.9 Å². The minimum atomic E-state index is -0.00602. The quantitative estimate of drug-likeness (QED) is 0.917. The molecule has 1 atom stereocenters. The minimum Gasteiger partial charge on any atom is -0.347 e. The first-order valence-corrected chi connectivity index (χ1v) is 7.64. The maximum atomic E-state index is 12.4. The zero-order valence-electron chi connectivity index (χ0n) is 12.1. The van der Waals surface area contributed by atoms with Gasteiger partial charge in [0.1, 0.15) is 0 Å². The molecule has 1 unspecified atom stereocenters. The van der Waals surface area contributed by atoms with Crippen LogP contribution in [0.5, 0.6) is 0 Å². The number of nitrogens with one attached hydrogen (secondary N) is 1. The van der Waals surface area contributed by atoms with E-state index in [1.807, 2.05) is 29.0 Å². The molecule has 0 saturated heterocycles. The Hall–Kier alpha value is -2.10. The molecule has 0 spiro atoms. The molecular weight excluding hydrogens is 262 g/mol. The van der Waals surface area contributed by atoms with Gasteiger partial charge in [0.25, 0.3) is 0 Å². The lowest BCUT2D eigenvalue weighted by Crippen LogP contribution is -2.35. The Kier molecular flexibility index (Phi) is 4.34. The molecule has 1 aliphatic rings. The van der Waals surface area contributed by atoms with Gasteiger partial charge in [0.15, 0.2) is 0 Å². The first-order valence-electron chi connectivity index (χ1n) is 7.64. The second-order valence-electron chi connectivity index (χ2n) is 5.71. The first-order chi connectivity index (χ1) is 10.3. The molecule has 3 rings (SSSR count). The van der Waals surface area contributed by atoms with Gasteiger partial charge in [0.2, 0.25) is 5.91 Å². The Balaban J connectivity index is 1.73. The molecule has 1 fully saturated rings. The number of carbonyl (C=O) groups excluding carboxylic acids is 1. The van der Waals surface area contributed by atoms with Crippen molar-refractivity contribution in [1.29, 1.82) is 0 Å². The van der Waals surface area contributed by atoms with E-state index in [4.69, 9.17) is 0 Å². The lowest BCUT2D eigenvalue weighted by Gasteiger charge is -2.21. The first kappa shape index (κ1) is 13.9. The van der Waals surface area contributed by atoms with Crippen molar-refractivity contribution < 1.29 is 4.79 Å². The Morgan fingerprint density at radius 2 is 2.05 bits per heavy atom. The Bertz CT molecular complexity index is 559. The van der Waals surface area contributed by atoms with Crippen molar-refractivity contribution in [3.05, 3.63) is 54.6 Å². The van der Waals surface area contributed by atoms with E-state index in [0.29, 0.717) is 6.54 Å². The predicted octanol–water partition coefficient (Wildman–Crippen LogP) is 2.93. The average molecular weight is 283 g/mol. The molecule has 2 aromatic rings. The third kappa shape index (κ3) is 3.51. The number of aromatic nitrogens is 2. The molecule has 1 saturated carbocycles. The fourth-order valence-electron chi connectivity index (χ4n) is 3.00. The summed E-state index contributed by atoms with van der Waals surface area (Å²) in [5.41, 5.74) is 1.14. The molecule has 0 bridgehead atoms. The molecule has 0 aliphatic heterocycles. The van der Waals surface area contributed by atoms with E-state index < -0.39 is 0 Å². The van der Waals surface area contributed by atoms with Gasteiger partial charge in [-0.2, -0.15) is 0 Å². The van der Waals surface area contributed by atoms with Crippen molar-refractivity contribution in [2.75, 3.05) is 0 Å². The van der Waals surface area contributed by atoms with Gasteiger partial charge in [-0.3, -0.25) is 4.79 Å². The SMILES string of the molecule is O=C(NC(Cn1ccnc1)c1ccccc1)C1CCCC1. The smallest absolute Gasteiger partial charge is 0.223 e. The van der Waals surface area contributed by atoms with Gasteiger partial charge < -0.3 is 9.88 Å². The van der Waals surface area contributed by atoms with Crippen LogP contribution in [0.25, 0.3) is 0 Å².